The lowest BCUT2D eigenvalue weighted by molar-refractivity contribution is -0.00631. The molecular formula is C67H77NO2. The van der Waals surface area contributed by atoms with Crippen LogP contribution in [0.4, 0.5) is 0 Å². The first-order valence-corrected chi connectivity index (χ1v) is 27.3. The van der Waals surface area contributed by atoms with Crippen LogP contribution >= 0.6 is 0 Å². The number of hydrogen-bond donors (Lipinski definition) is 2. The molecule has 1 aromatic heterocycles. The first-order valence-electron chi connectivity index (χ1n) is 27.3. The van der Waals surface area contributed by atoms with Crippen molar-refractivity contribution < 1.29 is 10.2 Å². The van der Waals surface area contributed by atoms with Crippen LogP contribution < -0.4 is 0 Å². The van der Waals surface area contributed by atoms with Gasteiger partial charge in [0.2, 0.25) is 0 Å². The van der Waals surface area contributed by atoms with Crippen molar-refractivity contribution in [1.82, 2.24) is 4.98 Å². The molecule has 5 aromatic carbocycles. The smallest absolute Gasteiger partial charge is 0.127 e. The van der Waals surface area contributed by atoms with Gasteiger partial charge in [0.15, 0.2) is 0 Å². The van der Waals surface area contributed by atoms with Gasteiger partial charge in [-0.25, -0.2) is 4.98 Å². The Morgan fingerprint density at radius 2 is 0.700 bits per heavy atom. The molecule has 0 atom stereocenters. The van der Waals surface area contributed by atoms with Gasteiger partial charge in [-0.1, -0.05) is 147 Å². The number of hydrogen-bond acceptors (Lipinski definition) is 3. The molecule has 8 saturated carbocycles. The van der Waals surface area contributed by atoms with Crippen molar-refractivity contribution in [2.75, 3.05) is 0 Å². The van der Waals surface area contributed by atoms with Crippen molar-refractivity contribution in [1.29, 1.82) is 0 Å². The number of benzene rings is 5. The highest BCUT2D eigenvalue weighted by Crippen LogP contribution is 2.65. The molecule has 0 radical (unpaired) electrons. The molecule has 0 spiro atoms. The molecule has 8 bridgehead atoms. The fourth-order valence-corrected chi connectivity index (χ4v) is 16.3. The molecule has 3 heteroatoms. The van der Waals surface area contributed by atoms with Gasteiger partial charge in [0.25, 0.3) is 0 Å². The van der Waals surface area contributed by atoms with Crippen LogP contribution in [0.2, 0.25) is 0 Å². The summed E-state index contributed by atoms with van der Waals surface area (Å²) in [7, 11) is 0. The molecule has 3 nitrogen and oxygen atoms in total. The first kappa shape index (κ1) is 46.0. The normalized spacial score (nSPS) is 27.9. The van der Waals surface area contributed by atoms with Crippen molar-refractivity contribution >= 4 is 0 Å². The van der Waals surface area contributed by atoms with E-state index in [1.54, 1.807) is 0 Å². The lowest BCUT2D eigenvalue weighted by atomic mass is 9.47. The highest BCUT2D eigenvalue weighted by Gasteiger charge is 2.54. The Hall–Kier alpha value is -5.15. The van der Waals surface area contributed by atoms with Crippen molar-refractivity contribution in [2.24, 2.45) is 35.5 Å². The van der Waals surface area contributed by atoms with E-state index in [9.17, 15) is 10.2 Å². The van der Waals surface area contributed by atoms with Gasteiger partial charge in [0, 0.05) is 33.4 Å². The monoisotopic (exact) mass is 928 g/mol. The van der Waals surface area contributed by atoms with Crippen LogP contribution in [0.15, 0.2) is 109 Å². The molecule has 6 aromatic rings. The van der Waals surface area contributed by atoms with Gasteiger partial charge in [0.1, 0.15) is 11.5 Å². The summed E-state index contributed by atoms with van der Waals surface area (Å²) < 4.78 is 0. The van der Waals surface area contributed by atoms with Crippen LogP contribution in [-0.2, 0) is 27.1 Å². The Kier molecular flexibility index (Phi) is 10.6. The van der Waals surface area contributed by atoms with Gasteiger partial charge in [-0.3, -0.25) is 0 Å². The maximum atomic E-state index is 12.9. The summed E-state index contributed by atoms with van der Waals surface area (Å²) in [6, 6.07) is 40.4. The topological polar surface area (TPSA) is 53.4 Å². The van der Waals surface area contributed by atoms with Crippen molar-refractivity contribution in [3.63, 3.8) is 0 Å². The molecule has 0 aliphatic heterocycles. The molecule has 0 amide bonds. The maximum Gasteiger partial charge on any atom is 0.127 e. The molecular weight excluding hydrogens is 851 g/mol. The van der Waals surface area contributed by atoms with E-state index in [0.29, 0.717) is 11.5 Å². The molecule has 0 unspecified atom stereocenters. The lowest BCUT2D eigenvalue weighted by Crippen LogP contribution is -2.48. The predicted molar refractivity (Wildman–Crippen MR) is 291 cm³/mol. The van der Waals surface area contributed by atoms with E-state index >= 15 is 0 Å². The number of pyridine rings is 1. The Bertz CT molecular complexity index is 2780. The summed E-state index contributed by atoms with van der Waals surface area (Å²) in [6.45, 7) is 20.7. The van der Waals surface area contributed by atoms with Gasteiger partial charge in [-0.2, -0.15) is 0 Å². The van der Waals surface area contributed by atoms with Crippen molar-refractivity contribution in [3.8, 4) is 67.4 Å². The van der Waals surface area contributed by atoms with E-state index < -0.39 is 0 Å². The summed E-state index contributed by atoms with van der Waals surface area (Å²) in [5.74, 6) is 5.55. The molecule has 70 heavy (non-hydrogen) atoms. The zero-order valence-electron chi connectivity index (χ0n) is 43.7. The van der Waals surface area contributed by atoms with Crippen LogP contribution in [0.5, 0.6) is 11.5 Å². The van der Waals surface area contributed by atoms with E-state index in [1.807, 2.05) is 0 Å². The highest BCUT2D eigenvalue weighted by molar-refractivity contribution is 5.91. The van der Waals surface area contributed by atoms with E-state index in [2.05, 4.69) is 172 Å². The molecule has 8 aliphatic carbocycles. The van der Waals surface area contributed by atoms with Crippen LogP contribution in [0.3, 0.4) is 0 Å². The molecule has 8 fully saturated rings. The van der Waals surface area contributed by atoms with Crippen LogP contribution in [-0.4, -0.2) is 15.2 Å². The zero-order valence-corrected chi connectivity index (χ0v) is 43.7. The summed E-state index contributed by atoms with van der Waals surface area (Å²) in [5.41, 5.74) is 16.0. The average molecular weight is 928 g/mol. The number of aromatic nitrogens is 1. The fourth-order valence-electron chi connectivity index (χ4n) is 16.3. The number of rotatable bonds is 7. The quantitative estimate of drug-likeness (QED) is 0.168. The minimum absolute atomic E-state index is 0.0300. The first-order chi connectivity index (χ1) is 33.2. The summed E-state index contributed by atoms with van der Waals surface area (Å²) in [4.78, 5) is 5.72. The number of phenolic OH excluding ortho intramolecular Hbond substituents is 2. The number of phenols is 2. The Labute approximate surface area is 419 Å². The second-order valence-electron chi connectivity index (χ2n) is 27.3. The van der Waals surface area contributed by atoms with E-state index in [1.165, 1.54) is 105 Å². The molecule has 1 heterocycles. The van der Waals surface area contributed by atoms with Gasteiger partial charge in [-0.05, 0) is 203 Å². The van der Waals surface area contributed by atoms with Crippen LogP contribution in [0.25, 0.3) is 55.9 Å². The highest BCUT2D eigenvalue weighted by atomic mass is 16.3. The van der Waals surface area contributed by atoms with Crippen LogP contribution in [0.1, 0.15) is 167 Å². The summed E-state index contributed by atoms with van der Waals surface area (Å²) in [6.07, 6.45) is 15.4. The fraction of sp³-hybridized carbons (Fsp3) is 0.478. The summed E-state index contributed by atoms with van der Waals surface area (Å²) >= 11 is 0. The van der Waals surface area contributed by atoms with E-state index in [4.69, 9.17) is 4.98 Å². The van der Waals surface area contributed by atoms with Crippen molar-refractivity contribution in [2.45, 2.75) is 166 Å². The average Bonchev–Trinajstić information content (AvgIpc) is 3.29. The minimum Gasteiger partial charge on any atom is -0.507 e. The predicted octanol–water partition coefficient (Wildman–Crippen LogP) is 17.7. The summed E-state index contributed by atoms with van der Waals surface area (Å²) in [5, 5.41) is 25.9. The zero-order chi connectivity index (χ0) is 48.7. The van der Waals surface area contributed by atoms with Gasteiger partial charge < -0.3 is 10.2 Å². The number of aromatic hydroxyl groups is 2. The molecule has 362 valence electrons. The van der Waals surface area contributed by atoms with Gasteiger partial charge in [0.05, 0.1) is 11.4 Å². The standard InChI is InChI=1S/C67H77NO2/c1-63(2,3)48-20-18-46(19-21-48)47-28-59(53-16-12-10-14-51(53)55-30-49(64(4,5)6)32-57(61(55)69)66-34-40-22-41(35-66)24-42(23-40)36-66)68-60(29-47)54-17-13-11-15-52(54)56-31-50(65(7,8)9)33-58(62(56)70)67-37-43-25-44(38-67)27-45(26-43)39-67/h10-21,28-33,40-45,69-70H,22-27,34-39H2,1-9H3. The second-order valence-corrected chi connectivity index (χ2v) is 27.3. The molecule has 0 saturated heterocycles. The van der Waals surface area contributed by atoms with Gasteiger partial charge in [-0.15, -0.1) is 0 Å². The maximum absolute atomic E-state index is 12.9. The van der Waals surface area contributed by atoms with Crippen LogP contribution in [0, 0.1) is 35.5 Å². The molecule has 8 aliphatic rings. The largest absolute Gasteiger partial charge is 0.507 e. The van der Waals surface area contributed by atoms with E-state index in [-0.39, 0.29) is 27.1 Å². The van der Waals surface area contributed by atoms with Crippen molar-refractivity contribution in [3.05, 3.63) is 137 Å². The third-order valence-corrected chi connectivity index (χ3v) is 19.1. The molecule has 2 N–H and O–H groups in total. The Balaban J connectivity index is 1.05. The Morgan fingerprint density at radius 1 is 0.371 bits per heavy atom. The minimum atomic E-state index is -0.103. The third-order valence-electron chi connectivity index (χ3n) is 19.1. The van der Waals surface area contributed by atoms with E-state index in [0.717, 1.165) is 91.4 Å². The second kappa shape index (κ2) is 16.2. The Morgan fingerprint density at radius 3 is 1.03 bits per heavy atom. The number of nitrogens with zero attached hydrogens (tertiary/aromatic N) is 1. The van der Waals surface area contributed by atoms with Gasteiger partial charge >= 0.3 is 0 Å². The SMILES string of the molecule is CC(C)(C)c1ccc(-c2cc(-c3ccccc3-c3cc(C(C)(C)C)cc(C45CC6CC(CC(C6)C4)C5)c3O)nc(-c3ccccc3-c3cc(C(C)(C)C)cc(C45CC6CC(CC(C6)C4)C5)c3O)c2)cc1. The molecule has 14 rings (SSSR count). The lowest BCUT2D eigenvalue weighted by Gasteiger charge is -2.57. The third kappa shape index (κ3) is 7.86.